The molecule has 1 aromatic carbocycles. The van der Waals surface area contributed by atoms with Crippen LogP contribution in [0.25, 0.3) is 0 Å². The number of hydrogen-bond acceptors (Lipinski definition) is 5. The van der Waals surface area contributed by atoms with Crippen molar-refractivity contribution in [2.24, 2.45) is 0 Å². The summed E-state index contributed by atoms with van der Waals surface area (Å²) < 4.78 is 0. The van der Waals surface area contributed by atoms with E-state index in [2.05, 4.69) is 0 Å². The van der Waals surface area contributed by atoms with Crippen molar-refractivity contribution in [1.82, 2.24) is 0 Å². The number of nitro benzene ring substituents is 1. The van der Waals surface area contributed by atoms with Crippen molar-refractivity contribution in [3.8, 4) is 12.1 Å². The van der Waals surface area contributed by atoms with Gasteiger partial charge in [-0.05, 0) is 12.1 Å². The molecule has 0 atom stereocenters. The predicted molar refractivity (Wildman–Crippen MR) is 61.3 cm³/mol. The van der Waals surface area contributed by atoms with E-state index >= 15 is 0 Å². The fraction of sp³-hybridized carbons (Fsp3) is 0.273. The third-order valence-electron chi connectivity index (χ3n) is 2.29. The minimum absolute atomic E-state index is 0.0244. The topological polar surface area (TPSA) is 94.0 Å². The minimum atomic E-state index is -0.573. The quantitative estimate of drug-likeness (QED) is 0.580. The van der Waals surface area contributed by atoms with E-state index in [9.17, 15) is 10.1 Å². The largest absolute Gasteiger partial charge is 0.368 e. The molecule has 0 heterocycles. The second kappa shape index (κ2) is 5.47. The van der Waals surface area contributed by atoms with Crippen LogP contribution in [0.3, 0.4) is 0 Å². The maximum Gasteiger partial charge on any atom is 0.310 e. The van der Waals surface area contributed by atoms with Gasteiger partial charge in [0.1, 0.15) is 17.3 Å². The molecule has 1 aromatic rings. The predicted octanol–water partition coefficient (Wildman–Crippen LogP) is 1.82. The summed E-state index contributed by atoms with van der Waals surface area (Å²) >= 11 is 0. The molecule has 86 valence electrons. The van der Waals surface area contributed by atoms with E-state index in [1.165, 1.54) is 6.07 Å². The molecule has 0 aromatic heterocycles. The molecule has 0 aliphatic heterocycles. The van der Waals surface area contributed by atoms with Crippen LogP contribution in [0.1, 0.15) is 12.0 Å². The number of nitriles is 2. The number of rotatable bonds is 4. The van der Waals surface area contributed by atoms with Crippen LogP contribution in [0.5, 0.6) is 0 Å². The van der Waals surface area contributed by atoms with Crippen LogP contribution in [0, 0.1) is 32.8 Å². The third kappa shape index (κ3) is 2.70. The highest BCUT2D eigenvalue weighted by atomic mass is 16.6. The maximum absolute atomic E-state index is 10.9. The molecule has 0 spiro atoms. The van der Waals surface area contributed by atoms with Crippen LogP contribution >= 0.6 is 0 Å². The number of anilines is 1. The zero-order chi connectivity index (χ0) is 12.8. The Bertz CT molecular complexity index is 513. The summed E-state index contributed by atoms with van der Waals surface area (Å²) in [6, 6.07) is 8.32. The van der Waals surface area contributed by atoms with Crippen LogP contribution < -0.4 is 4.90 Å². The highest BCUT2D eigenvalue weighted by Gasteiger charge is 2.21. The number of benzene rings is 1. The summed E-state index contributed by atoms with van der Waals surface area (Å²) in [6.07, 6.45) is 0.268. The lowest BCUT2D eigenvalue weighted by Gasteiger charge is -2.17. The molecule has 0 saturated carbocycles. The second-order valence-electron chi connectivity index (χ2n) is 3.37. The Morgan fingerprint density at radius 1 is 1.47 bits per heavy atom. The maximum atomic E-state index is 10.9. The zero-order valence-corrected chi connectivity index (χ0v) is 9.25. The van der Waals surface area contributed by atoms with E-state index < -0.39 is 4.92 Å². The van der Waals surface area contributed by atoms with E-state index in [1.54, 1.807) is 30.1 Å². The normalized spacial score (nSPS) is 9.12. The molecule has 0 bridgehead atoms. The fourth-order valence-corrected chi connectivity index (χ4v) is 1.46. The molecule has 0 saturated heterocycles. The second-order valence-corrected chi connectivity index (χ2v) is 3.37. The van der Waals surface area contributed by atoms with E-state index in [-0.39, 0.29) is 17.7 Å². The van der Waals surface area contributed by atoms with Crippen molar-refractivity contribution in [2.45, 2.75) is 6.42 Å². The van der Waals surface area contributed by atoms with Crippen LogP contribution in [0.15, 0.2) is 18.2 Å². The van der Waals surface area contributed by atoms with Crippen LogP contribution in [-0.4, -0.2) is 18.5 Å². The average molecular weight is 230 g/mol. The Morgan fingerprint density at radius 2 is 2.18 bits per heavy atom. The molecule has 17 heavy (non-hydrogen) atoms. The summed E-state index contributed by atoms with van der Waals surface area (Å²) in [5, 5.41) is 28.2. The first-order valence-electron chi connectivity index (χ1n) is 4.87. The summed E-state index contributed by atoms with van der Waals surface area (Å²) in [5.74, 6) is 0. The molecule has 0 radical (unpaired) electrons. The molecular formula is C11H10N4O2. The number of nitro groups is 1. The molecule has 6 nitrogen and oxygen atoms in total. The SMILES string of the molecule is CN(CCC#N)c1cccc(C#N)c1[N+](=O)[O-]. The number of para-hydroxylation sites is 1. The molecule has 0 amide bonds. The molecule has 0 fully saturated rings. The lowest BCUT2D eigenvalue weighted by molar-refractivity contribution is -0.384. The molecule has 0 N–H and O–H groups in total. The van der Waals surface area contributed by atoms with Crippen molar-refractivity contribution in [2.75, 3.05) is 18.5 Å². The van der Waals surface area contributed by atoms with Crippen molar-refractivity contribution in [3.05, 3.63) is 33.9 Å². The monoisotopic (exact) mass is 230 g/mol. The van der Waals surface area contributed by atoms with Gasteiger partial charge in [0.25, 0.3) is 0 Å². The van der Waals surface area contributed by atoms with E-state index in [1.807, 2.05) is 6.07 Å². The highest BCUT2D eigenvalue weighted by Crippen LogP contribution is 2.30. The number of hydrogen-bond donors (Lipinski definition) is 0. The van der Waals surface area contributed by atoms with E-state index in [4.69, 9.17) is 10.5 Å². The van der Waals surface area contributed by atoms with Gasteiger partial charge >= 0.3 is 5.69 Å². The third-order valence-corrected chi connectivity index (χ3v) is 2.29. The Hall–Kier alpha value is -2.60. The van der Waals surface area contributed by atoms with Crippen LogP contribution in [-0.2, 0) is 0 Å². The lowest BCUT2D eigenvalue weighted by Crippen LogP contribution is -2.19. The Morgan fingerprint density at radius 3 is 2.71 bits per heavy atom. The molecule has 0 aliphatic rings. The number of nitrogens with zero attached hydrogens (tertiary/aromatic N) is 4. The first-order chi connectivity index (χ1) is 8.11. The zero-order valence-electron chi connectivity index (χ0n) is 9.25. The lowest BCUT2D eigenvalue weighted by atomic mass is 10.1. The van der Waals surface area contributed by atoms with Crippen molar-refractivity contribution in [3.63, 3.8) is 0 Å². The minimum Gasteiger partial charge on any atom is -0.368 e. The van der Waals surface area contributed by atoms with Gasteiger partial charge < -0.3 is 4.90 Å². The van der Waals surface area contributed by atoms with Gasteiger partial charge in [-0.3, -0.25) is 10.1 Å². The Balaban J connectivity index is 3.20. The Kier molecular flexibility index (Phi) is 4.02. The summed E-state index contributed by atoms with van der Waals surface area (Å²) in [6.45, 7) is 0.381. The van der Waals surface area contributed by atoms with Gasteiger partial charge in [-0.25, -0.2) is 0 Å². The first-order valence-corrected chi connectivity index (χ1v) is 4.87. The van der Waals surface area contributed by atoms with Gasteiger partial charge in [0.2, 0.25) is 0 Å². The molecule has 0 aliphatic carbocycles. The van der Waals surface area contributed by atoms with Gasteiger partial charge in [-0.1, -0.05) is 6.07 Å². The summed E-state index contributed by atoms with van der Waals surface area (Å²) in [5.41, 5.74) is 0.163. The van der Waals surface area contributed by atoms with Crippen LogP contribution in [0.4, 0.5) is 11.4 Å². The smallest absolute Gasteiger partial charge is 0.310 e. The standard InChI is InChI=1S/C11H10N4O2/c1-14(7-3-6-12)10-5-2-4-9(8-13)11(10)15(16)17/h2,4-5H,3,7H2,1H3. The van der Waals surface area contributed by atoms with Crippen LogP contribution in [0.2, 0.25) is 0 Å². The molecule has 1 rings (SSSR count). The first kappa shape index (κ1) is 12.5. The molecule has 0 unspecified atom stereocenters. The van der Waals surface area contributed by atoms with E-state index in [0.717, 1.165) is 0 Å². The molecular weight excluding hydrogens is 220 g/mol. The fourth-order valence-electron chi connectivity index (χ4n) is 1.46. The summed E-state index contributed by atoms with van der Waals surface area (Å²) in [4.78, 5) is 12.0. The van der Waals surface area contributed by atoms with Gasteiger partial charge in [-0.2, -0.15) is 10.5 Å². The van der Waals surface area contributed by atoms with Gasteiger partial charge in [0, 0.05) is 13.6 Å². The average Bonchev–Trinajstić information content (AvgIpc) is 2.34. The van der Waals surface area contributed by atoms with Gasteiger partial charge in [0.05, 0.1) is 17.4 Å². The van der Waals surface area contributed by atoms with E-state index in [0.29, 0.717) is 12.2 Å². The van der Waals surface area contributed by atoms with Crippen molar-refractivity contribution < 1.29 is 4.92 Å². The van der Waals surface area contributed by atoms with Gasteiger partial charge in [0.15, 0.2) is 0 Å². The summed E-state index contributed by atoms with van der Waals surface area (Å²) in [7, 11) is 1.65. The Labute approximate surface area is 98.5 Å². The van der Waals surface area contributed by atoms with Crippen molar-refractivity contribution >= 4 is 11.4 Å². The highest BCUT2D eigenvalue weighted by molar-refractivity contribution is 5.69. The van der Waals surface area contributed by atoms with Crippen molar-refractivity contribution in [1.29, 1.82) is 10.5 Å². The molecule has 6 heteroatoms. The van der Waals surface area contributed by atoms with Gasteiger partial charge in [-0.15, -0.1) is 0 Å².